The van der Waals surface area contributed by atoms with E-state index in [1.54, 1.807) is 19.3 Å². The molecule has 0 aliphatic rings. The number of furan rings is 1. The highest BCUT2D eigenvalue weighted by Crippen LogP contribution is 2.10. The number of carbonyl (C=O) groups excluding carboxylic acids is 1. The Morgan fingerprint density at radius 1 is 1.35 bits per heavy atom. The highest BCUT2D eigenvalue weighted by atomic mass is 16.4. The Morgan fingerprint density at radius 2 is 2.10 bits per heavy atom. The van der Waals surface area contributed by atoms with Crippen molar-refractivity contribution < 1.29 is 19.1 Å². The Bertz CT molecular complexity index is 627. The molecule has 2 aromatic heterocycles. The molecule has 6 heteroatoms. The molecule has 0 aromatic carbocycles. The number of aromatic nitrogens is 1. The van der Waals surface area contributed by atoms with Crippen LogP contribution in [0.2, 0.25) is 0 Å². The van der Waals surface area contributed by atoms with Crippen molar-refractivity contribution in [3.63, 3.8) is 0 Å². The lowest BCUT2D eigenvalue weighted by atomic mass is 10.4. The fourth-order valence-corrected chi connectivity index (χ4v) is 1.90. The van der Waals surface area contributed by atoms with Gasteiger partial charge in [0.1, 0.15) is 23.8 Å². The molecule has 0 unspecified atom stereocenters. The molecule has 0 radical (unpaired) electrons. The first kappa shape index (κ1) is 13.9. The Kier molecular flexibility index (Phi) is 3.93. The molecule has 20 heavy (non-hydrogen) atoms. The van der Waals surface area contributed by atoms with Crippen LogP contribution in [0.25, 0.3) is 0 Å². The quantitative estimate of drug-likeness (QED) is 0.902. The molecular formula is C14H16N2O4. The summed E-state index contributed by atoms with van der Waals surface area (Å²) in [6.07, 6.45) is 1.58. The number of likely N-dealkylation sites (N-methyl/N-ethyl adjacent to an activating group) is 1. The maximum absolute atomic E-state index is 12.1. The first-order valence-electron chi connectivity index (χ1n) is 6.15. The molecule has 0 aliphatic carbocycles. The molecule has 2 rings (SSSR count). The molecule has 0 spiro atoms. The van der Waals surface area contributed by atoms with Crippen LogP contribution in [-0.4, -0.2) is 33.5 Å². The van der Waals surface area contributed by atoms with Crippen LogP contribution in [0.1, 0.15) is 22.0 Å². The molecule has 0 atom stereocenters. The average molecular weight is 276 g/mol. The second-order valence-corrected chi connectivity index (χ2v) is 4.59. The van der Waals surface area contributed by atoms with Gasteiger partial charge in [0.25, 0.3) is 0 Å². The van der Waals surface area contributed by atoms with Crippen LogP contribution in [0.4, 0.5) is 0 Å². The lowest BCUT2D eigenvalue weighted by molar-refractivity contribution is -0.131. The number of carbonyl (C=O) groups is 2. The van der Waals surface area contributed by atoms with Gasteiger partial charge in [-0.15, -0.1) is 0 Å². The van der Waals surface area contributed by atoms with Crippen LogP contribution < -0.4 is 0 Å². The van der Waals surface area contributed by atoms with Crippen LogP contribution in [0, 0.1) is 6.92 Å². The number of carboxylic acid groups (broad SMARTS) is 1. The molecule has 0 saturated carbocycles. The van der Waals surface area contributed by atoms with Crippen molar-refractivity contribution in [2.75, 3.05) is 7.05 Å². The zero-order valence-corrected chi connectivity index (χ0v) is 11.4. The standard InChI is InChI=1S/C14H16N2O4/c1-10-5-6-11(20-10)8-15(2)13(17)9-16-7-3-4-12(16)14(18)19/h3-7H,8-9H2,1-2H3,(H,18,19). The first-order valence-corrected chi connectivity index (χ1v) is 6.15. The van der Waals surface area contributed by atoms with Crippen LogP contribution in [0.3, 0.4) is 0 Å². The minimum atomic E-state index is -1.05. The highest BCUT2D eigenvalue weighted by molar-refractivity contribution is 5.86. The summed E-state index contributed by atoms with van der Waals surface area (Å²) < 4.78 is 6.82. The van der Waals surface area contributed by atoms with E-state index in [4.69, 9.17) is 9.52 Å². The molecular weight excluding hydrogens is 260 g/mol. The predicted molar refractivity (Wildman–Crippen MR) is 71.3 cm³/mol. The molecule has 0 bridgehead atoms. The van der Waals surface area contributed by atoms with Gasteiger partial charge in [-0.3, -0.25) is 4.79 Å². The van der Waals surface area contributed by atoms with E-state index in [1.807, 2.05) is 19.1 Å². The van der Waals surface area contributed by atoms with E-state index in [2.05, 4.69) is 0 Å². The lowest BCUT2D eigenvalue weighted by Gasteiger charge is -2.16. The summed E-state index contributed by atoms with van der Waals surface area (Å²) >= 11 is 0. The summed E-state index contributed by atoms with van der Waals surface area (Å²) in [4.78, 5) is 24.5. The topological polar surface area (TPSA) is 75.7 Å². The van der Waals surface area contributed by atoms with Gasteiger partial charge in [0.05, 0.1) is 6.54 Å². The summed E-state index contributed by atoms with van der Waals surface area (Å²) in [6, 6.07) is 6.72. The van der Waals surface area contributed by atoms with Crippen molar-refractivity contribution in [1.29, 1.82) is 0 Å². The van der Waals surface area contributed by atoms with E-state index in [0.717, 1.165) is 5.76 Å². The van der Waals surface area contributed by atoms with Crippen molar-refractivity contribution >= 4 is 11.9 Å². The van der Waals surface area contributed by atoms with E-state index in [9.17, 15) is 9.59 Å². The number of aryl methyl sites for hydroxylation is 1. The van der Waals surface area contributed by atoms with Gasteiger partial charge < -0.3 is 19.0 Å². The smallest absolute Gasteiger partial charge is 0.352 e. The lowest BCUT2D eigenvalue weighted by Crippen LogP contribution is -2.30. The monoisotopic (exact) mass is 276 g/mol. The number of aromatic carboxylic acids is 1. The van der Waals surface area contributed by atoms with Gasteiger partial charge in [0, 0.05) is 13.2 Å². The van der Waals surface area contributed by atoms with E-state index < -0.39 is 5.97 Å². The molecule has 6 nitrogen and oxygen atoms in total. The summed E-state index contributed by atoms with van der Waals surface area (Å²) in [5, 5.41) is 8.98. The normalized spacial score (nSPS) is 10.5. The molecule has 1 amide bonds. The van der Waals surface area contributed by atoms with Gasteiger partial charge in [0.15, 0.2) is 0 Å². The zero-order valence-electron chi connectivity index (χ0n) is 11.4. The van der Waals surface area contributed by atoms with E-state index in [0.29, 0.717) is 12.3 Å². The van der Waals surface area contributed by atoms with Crippen LogP contribution in [0.5, 0.6) is 0 Å². The van der Waals surface area contributed by atoms with Gasteiger partial charge in [-0.1, -0.05) is 0 Å². The Hall–Kier alpha value is -2.50. The summed E-state index contributed by atoms with van der Waals surface area (Å²) in [6.45, 7) is 2.19. The number of hydrogen-bond donors (Lipinski definition) is 1. The van der Waals surface area contributed by atoms with E-state index in [1.165, 1.54) is 15.5 Å². The van der Waals surface area contributed by atoms with Gasteiger partial charge in [0.2, 0.25) is 5.91 Å². The molecule has 2 aromatic rings. The van der Waals surface area contributed by atoms with E-state index in [-0.39, 0.29) is 18.1 Å². The van der Waals surface area contributed by atoms with Crippen molar-refractivity contribution in [2.45, 2.75) is 20.0 Å². The van der Waals surface area contributed by atoms with Gasteiger partial charge in [-0.05, 0) is 31.2 Å². The summed E-state index contributed by atoms with van der Waals surface area (Å²) in [5.41, 5.74) is 0.0978. The number of rotatable bonds is 5. The molecule has 2 heterocycles. The summed E-state index contributed by atoms with van der Waals surface area (Å²) in [7, 11) is 1.66. The Morgan fingerprint density at radius 3 is 2.70 bits per heavy atom. The minimum absolute atomic E-state index is 0.00910. The number of carboxylic acids is 1. The number of amides is 1. The number of nitrogens with zero attached hydrogens (tertiary/aromatic N) is 2. The minimum Gasteiger partial charge on any atom is -0.477 e. The molecule has 0 aliphatic heterocycles. The van der Waals surface area contributed by atoms with Crippen molar-refractivity contribution in [1.82, 2.24) is 9.47 Å². The Labute approximate surface area is 116 Å². The highest BCUT2D eigenvalue weighted by Gasteiger charge is 2.15. The predicted octanol–water partition coefficient (Wildman–Crippen LogP) is 1.75. The fourth-order valence-electron chi connectivity index (χ4n) is 1.90. The Balaban J connectivity index is 2.00. The van der Waals surface area contributed by atoms with Gasteiger partial charge in [-0.25, -0.2) is 4.79 Å². The third-order valence-corrected chi connectivity index (χ3v) is 2.97. The van der Waals surface area contributed by atoms with Crippen LogP contribution >= 0.6 is 0 Å². The third-order valence-electron chi connectivity index (χ3n) is 2.97. The van der Waals surface area contributed by atoms with Crippen LogP contribution in [-0.2, 0) is 17.9 Å². The molecule has 0 saturated heterocycles. The van der Waals surface area contributed by atoms with Crippen LogP contribution in [0.15, 0.2) is 34.9 Å². The largest absolute Gasteiger partial charge is 0.477 e. The average Bonchev–Trinajstić information content (AvgIpc) is 2.98. The molecule has 0 fully saturated rings. The molecule has 1 N–H and O–H groups in total. The SMILES string of the molecule is Cc1ccc(CN(C)C(=O)Cn2cccc2C(=O)O)o1. The number of hydrogen-bond acceptors (Lipinski definition) is 3. The second kappa shape index (κ2) is 5.64. The van der Waals surface area contributed by atoms with Crippen molar-refractivity contribution in [2.24, 2.45) is 0 Å². The second-order valence-electron chi connectivity index (χ2n) is 4.59. The first-order chi connectivity index (χ1) is 9.47. The van der Waals surface area contributed by atoms with Crippen molar-refractivity contribution in [3.05, 3.63) is 47.7 Å². The van der Waals surface area contributed by atoms with Crippen molar-refractivity contribution in [3.8, 4) is 0 Å². The zero-order chi connectivity index (χ0) is 14.7. The van der Waals surface area contributed by atoms with Gasteiger partial charge in [-0.2, -0.15) is 0 Å². The molecule has 106 valence electrons. The maximum Gasteiger partial charge on any atom is 0.352 e. The van der Waals surface area contributed by atoms with Gasteiger partial charge >= 0.3 is 5.97 Å². The fraction of sp³-hybridized carbons (Fsp3) is 0.286. The van der Waals surface area contributed by atoms with E-state index >= 15 is 0 Å². The third kappa shape index (κ3) is 3.09. The maximum atomic E-state index is 12.1. The summed E-state index contributed by atoms with van der Waals surface area (Å²) in [5.74, 6) is 0.258.